The molecule has 14 heavy (non-hydrogen) atoms. The number of ketones is 1. The number of carbonyl (C=O) groups excluding carboxylic acids is 2. The highest BCUT2D eigenvalue weighted by atomic mass is 16.5. The smallest absolute Gasteiger partial charge is 0.341 e. The lowest BCUT2D eigenvalue weighted by Gasteiger charge is -1.97. The molecule has 1 aromatic rings. The second kappa shape index (κ2) is 3.10. The summed E-state index contributed by atoms with van der Waals surface area (Å²) >= 11 is 0. The number of hydrogen-bond acceptors (Lipinski definition) is 3. The molecule has 3 heteroatoms. The van der Waals surface area contributed by atoms with E-state index in [4.69, 9.17) is 0 Å². The molecule has 1 aliphatic carbocycles. The van der Waals surface area contributed by atoms with E-state index in [2.05, 4.69) is 4.74 Å². The number of rotatable bonds is 1. The van der Waals surface area contributed by atoms with Gasteiger partial charge in [0.05, 0.1) is 7.11 Å². The monoisotopic (exact) mass is 188 g/mol. The summed E-state index contributed by atoms with van der Waals surface area (Å²) in [5.74, 6) is -0.835. The highest BCUT2D eigenvalue weighted by molar-refractivity contribution is 6.31. The quantitative estimate of drug-likeness (QED) is 0.494. The predicted octanol–water partition coefficient (Wildman–Crippen LogP) is 1.44. The van der Waals surface area contributed by atoms with Gasteiger partial charge in [0.1, 0.15) is 5.57 Å². The first-order chi connectivity index (χ1) is 6.74. The first-order valence-corrected chi connectivity index (χ1v) is 4.18. The summed E-state index contributed by atoms with van der Waals surface area (Å²) in [7, 11) is 1.26. The van der Waals surface area contributed by atoms with Crippen molar-refractivity contribution in [2.75, 3.05) is 7.11 Å². The van der Waals surface area contributed by atoms with Gasteiger partial charge in [-0.05, 0) is 11.6 Å². The number of ether oxygens (including phenoxy) is 1. The van der Waals surface area contributed by atoms with Gasteiger partial charge in [0, 0.05) is 5.56 Å². The van der Waals surface area contributed by atoms with Crippen LogP contribution in [-0.2, 0) is 9.53 Å². The summed E-state index contributed by atoms with van der Waals surface area (Å²) in [5, 5.41) is 0. The molecule has 0 radical (unpaired) electrons. The summed E-state index contributed by atoms with van der Waals surface area (Å²) in [6, 6.07) is 7.08. The Morgan fingerprint density at radius 1 is 1.29 bits per heavy atom. The second-order valence-electron chi connectivity index (χ2n) is 2.97. The summed E-state index contributed by atoms with van der Waals surface area (Å²) < 4.78 is 4.51. The Labute approximate surface area is 81.0 Å². The lowest BCUT2D eigenvalue weighted by atomic mass is 10.1. The molecule has 0 heterocycles. The van der Waals surface area contributed by atoms with Crippen molar-refractivity contribution in [3.05, 3.63) is 41.0 Å². The van der Waals surface area contributed by atoms with Crippen molar-refractivity contribution in [2.45, 2.75) is 0 Å². The fourth-order valence-electron chi connectivity index (χ4n) is 1.46. The molecule has 0 aliphatic heterocycles. The van der Waals surface area contributed by atoms with Crippen molar-refractivity contribution in [3.63, 3.8) is 0 Å². The van der Waals surface area contributed by atoms with Gasteiger partial charge in [0.15, 0.2) is 0 Å². The lowest BCUT2D eigenvalue weighted by molar-refractivity contribution is -0.135. The summed E-state index contributed by atoms with van der Waals surface area (Å²) in [5.41, 5.74) is 1.44. The number of fused-ring (bicyclic) bond motifs is 1. The van der Waals surface area contributed by atoms with Crippen LogP contribution in [0.25, 0.3) is 6.08 Å². The summed E-state index contributed by atoms with van der Waals surface area (Å²) in [6.07, 6.45) is 1.56. The largest absolute Gasteiger partial charge is 0.465 e. The fourth-order valence-corrected chi connectivity index (χ4v) is 1.46. The van der Waals surface area contributed by atoms with Crippen LogP contribution in [0.15, 0.2) is 29.8 Å². The molecule has 0 atom stereocenters. The van der Waals surface area contributed by atoms with E-state index >= 15 is 0 Å². The SMILES string of the molecule is COC(=O)C1=Cc2ccccc2C1=O. The van der Waals surface area contributed by atoms with E-state index in [-0.39, 0.29) is 11.4 Å². The lowest BCUT2D eigenvalue weighted by Crippen LogP contribution is -2.10. The van der Waals surface area contributed by atoms with E-state index in [1.54, 1.807) is 24.3 Å². The molecule has 3 nitrogen and oxygen atoms in total. The Morgan fingerprint density at radius 2 is 2.00 bits per heavy atom. The topological polar surface area (TPSA) is 43.4 Å². The van der Waals surface area contributed by atoms with Crippen LogP contribution in [0.4, 0.5) is 0 Å². The molecule has 0 saturated heterocycles. The third-order valence-corrected chi connectivity index (χ3v) is 2.16. The van der Waals surface area contributed by atoms with E-state index in [1.807, 2.05) is 6.07 Å². The number of carbonyl (C=O) groups is 2. The van der Waals surface area contributed by atoms with Gasteiger partial charge in [-0.1, -0.05) is 24.3 Å². The van der Waals surface area contributed by atoms with E-state index in [0.717, 1.165) is 5.56 Å². The second-order valence-corrected chi connectivity index (χ2v) is 2.97. The Balaban J connectivity index is 2.47. The van der Waals surface area contributed by atoms with Gasteiger partial charge in [-0.15, -0.1) is 0 Å². The predicted molar refractivity (Wildman–Crippen MR) is 50.8 cm³/mol. The average molecular weight is 188 g/mol. The molecule has 1 aromatic carbocycles. The van der Waals surface area contributed by atoms with E-state index < -0.39 is 5.97 Å². The number of Topliss-reactive ketones (excluding diaryl/α,β-unsaturated/α-hetero) is 1. The fraction of sp³-hybridized carbons (Fsp3) is 0.0909. The molecule has 70 valence electrons. The van der Waals surface area contributed by atoms with Crippen LogP contribution in [0.1, 0.15) is 15.9 Å². The number of benzene rings is 1. The normalized spacial score (nSPS) is 13.5. The highest BCUT2D eigenvalue weighted by Gasteiger charge is 2.27. The molecule has 0 amide bonds. The Kier molecular flexibility index (Phi) is 1.93. The minimum Gasteiger partial charge on any atom is -0.465 e. The van der Waals surface area contributed by atoms with Crippen LogP contribution in [0, 0.1) is 0 Å². The third kappa shape index (κ3) is 1.14. The van der Waals surface area contributed by atoms with E-state index in [9.17, 15) is 9.59 Å². The molecule has 0 fully saturated rings. The minimum absolute atomic E-state index is 0.105. The zero-order valence-electron chi connectivity index (χ0n) is 7.61. The Morgan fingerprint density at radius 3 is 2.64 bits per heavy atom. The summed E-state index contributed by atoms with van der Waals surface area (Å²) in [4.78, 5) is 22.8. The molecule has 1 aliphatic rings. The van der Waals surface area contributed by atoms with Crippen molar-refractivity contribution in [3.8, 4) is 0 Å². The molecular weight excluding hydrogens is 180 g/mol. The summed E-state index contributed by atoms with van der Waals surface area (Å²) in [6.45, 7) is 0. The van der Waals surface area contributed by atoms with Crippen molar-refractivity contribution < 1.29 is 14.3 Å². The average Bonchev–Trinajstić information content (AvgIpc) is 2.56. The van der Waals surface area contributed by atoms with Crippen molar-refractivity contribution in [1.29, 1.82) is 0 Å². The van der Waals surface area contributed by atoms with Crippen LogP contribution in [0.3, 0.4) is 0 Å². The van der Waals surface area contributed by atoms with Crippen LogP contribution >= 0.6 is 0 Å². The van der Waals surface area contributed by atoms with Crippen molar-refractivity contribution in [1.82, 2.24) is 0 Å². The van der Waals surface area contributed by atoms with Gasteiger partial charge in [0.2, 0.25) is 5.78 Å². The first-order valence-electron chi connectivity index (χ1n) is 4.18. The Hall–Kier alpha value is -1.90. The number of hydrogen-bond donors (Lipinski definition) is 0. The highest BCUT2D eigenvalue weighted by Crippen LogP contribution is 2.24. The van der Waals surface area contributed by atoms with Gasteiger partial charge in [-0.2, -0.15) is 0 Å². The van der Waals surface area contributed by atoms with Crippen molar-refractivity contribution >= 4 is 17.8 Å². The Bertz CT molecular complexity index is 444. The molecule has 0 N–H and O–H groups in total. The standard InChI is InChI=1S/C11H8O3/c1-14-11(13)9-6-7-4-2-3-5-8(7)10(9)12/h2-6H,1H3. The maximum Gasteiger partial charge on any atom is 0.341 e. The number of methoxy groups -OCH3 is 1. The first kappa shape index (κ1) is 8.69. The molecule has 0 aromatic heterocycles. The van der Waals surface area contributed by atoms with Gasteiger partial charge in [-0.3, -0.25) is 4.79 Å². The van der Waals surface area contributed by atoms with Crippen LogP contribution < -0.4 is 0 Å². The molecular formula is C11H8O3. The van der Waals surface area contributed by atoms with Gasteiger partial charge < -0.3 is 4.74 Å². The molecule has 2 rings (SSSR count). The van der Waals surface area contributed by atoms with Crippen LogP contribution in [0.2, 0.25) is 0 Å². The molecule has 0 unspecified atom stereocenters. The number of esters is 1. The minimum atomic E-state index is -0.578. The van der Waals surface area contributed by atoms with Crippen molar-refractivity contribution in [2.24, 2.45) is 0 Å². The van der Waals surface area contributed by atoms with Gasteiger partial charge in [0.25, 0.3) is 0 Å². The van der Waals surface area contributed by atoms with Gasteiger partial charge >= 0.3 is 5.97 Å². The maximum atomic E-state index is 11.6. The maximum absolute atomic E-state index is 11.6. The van der Waals surface area contributed by atoms with E-state index in [1.165, 1.54) is 7.11 Å². The molecule has 0 bridgehead atoms. The van der Waals surface area contributed by atoms with Crippen LogP contribution in [-0.4, -0.2) is 18.9 Å². The third-order valence-electron chi connectivity index (χ3n) is 2.16. The van der Waals surface area contributed by atoms with Gasteiger partial charge in [-0.25, -0.2) is 4.79 Å². The molecule has 0 saturated carbocycles. The zero-order valence-corrected chi connectivity index (χ0v) is 7.61. The van der Waals surface area contributed by atoms with Crippen LogP contribution in [0.5, 0.6) is 0 Å². The van der Waals surface area contributed by atoms with E-state index in [0.29, 0.717) is 5.56 Å². The zero-order chi connectivity index (χ0) is 10.1. The molecule has 0 spiro atoms.